The summed E-state index contributed by atoms with van der Waals surface area (Å²) in [7, 11) is 0. The lowest BCUT2D eigenvalue weighted by Crippen LogP contribution is -2.47. The Morgan fingerprint density at radius 3 is 2.59 bits per heavy atom. The first-order valence-corrected chi connectivity index (χ1v) is 10.5. The number of aryl methyl sites for hydroxylation is 1. The zero-order chi connectivity index (χ0) is 19.8. The Hall–Kier alpha value is -2.86. The van der Waals surface area contributed by atoms with Gasteiger partial charge in [0.15, 0.2) is 0 Å². The number of hydrogen-bond acceptors (Lipinski definition) is 4. The Balaban J connectivity index is 1.32. The quantitative estimate of drug-likeness (QED) is 0.726. The van der Waals surface area contributed by atoms with Crippen LogP contribution in [0.4, 0.5) is 11.5 Å². The number of amides is 1. The van der Waals surface area contributed by atoms with Crippen molar-refractivity contribution in [2.24, 2.45) is 5.92 Å². The molecular formula is C23H27N5O. The van der Waals surface area contributed by atoms with Gasteiger partial charge in [0.25, 0.3) is 5.91 Å². The molecular weight excluding hydrogens is 362 g/mol. The summed E-state index contributed by atoms with van der Waals surface area (Å²) in [6.07, 6.45) is 6.45. The molecule has 5 rings (SSSR count). The Kier molecular flexibility index (Phi) is 4.72. The van der Waals surface area contributed by atoms with E-state index in [2.05, 4.69) is 36.6 Å². The number of nitrogens with zero attached hydrogens (tertiary/aromatic N) is 4. The zero-order valence-electron chi connectivity index (χ0n) is 16.8. The first-order chi connectivity index (χ1) is 14.2. The van der Waals surface area contributed by atoms with Crippen LogP contribution in [-0.2, 0) is 0 Å². The van der Waals surface area contributed by atoms with E-state index >= 15 is 0 Å². The summed E-state index contributed by atoms with van der Waals surface area (Å²) < 4.78 is 2.14. The van der Waals surface area contributed by atoms with Crippen LogP contribution in [0.15, 0.2) is 48.8 Å². The second-order valence-corrected chi connectivity index (χ2v) is 8.28. The lowest BCUT2D eigenvalue weighted by Gasteiger charge is -2.35. The minimum Gasteiger partial charge on any atom is -0.355 e. The topological polar surface area (TPSA) is 52.9 Å². The SMILES string of the molecule is Cc1ccc(NC(=O)c2ccc3ccc(N4CCN(CC5CC5)CC4)n3c2)cn1. The number of fused-ring (bicyclic) bond motifs is 1. The minimum absolute atomic E-state index is 0.119. The molecule has 6 heteroatoms. The Bertz CT molecular complexity index is 1010. The van der Waals surface area contributed by atoms with Crippen LogP contribution < -0.4 is 10.2 Å². The third-order valence-corrected chi connectivity index (χ3v) is 5.97. The molecule has 150 valence electrons. The maximum atomic E-state index is 12.7. The van der Waals surface area contributed by atoms with Crippen LogP contribution in [0.1, 0.15) is 28.9 Å². The van der Waals surface area contributed by atoms with Crippen LogP contribution in [-0.4, -0.2) is 52.9 Å². The predicted octanol–water partition coefficient (Wildman–Crippen LogP) is 3.43. The monoisotopic (exact) mass is 389 g/mol. The molecule has 1 aliphatic carbocycles. The van der Waals surface area contributed by atoms with Crippen LogP contribution >= 0.6 is 0 Å². The smallest absolute Gasteiger partial charge is 0.257 e. The summed E-state index contributed by atoms with van der Waals surface area (Å²) in [6.45, 7) is 7.49. The number of anilines is 2. The van der Waals surface area contributed by atoms with E-state index in [9.17, 15) is 4.79 Å². The van der Waals surface area contributed by atoms with Crippen molar-refractivity contribution in [1.82, 2.24) is 14.3 Å². The maximum absolute atomic E-state index is 12.7. The van der Waals surface area contributed by atoms with Gasteiger partial charge < -0.3 is 14.6 Å². The number of rotatable bonds is 5. The van der Waals surface area contributed by atoms with E-state index in [1.165, 1.54) is 19.4 Å². The molecule has 29 heavy (non-hydrogen) atoms. The second-order valence-electron chi connectivity index (χ2n) is 8.28. The van der Waals surface area contributed by atoms with Crippen LogP contribution in [0.3, 0.4) is 0 Å². The van der Waals surface area contributed by atoms with Crippen molar-refractivity contribution in [3.8, 4) is 0 Å². The van der Waals surface area contributed by atoms with E-state index in [4.69, 9.17) is 0 Å². The molecule has 1 saturated heterocycles. The normalized spacial score (nSPS) is 17.6. The Labute approximate surface area is 171 Å². The Morgan fingerprint density at radius 2 is 1.86 bits per heavy atom. The summed E-state index contributed by atoms with van der Waals surface area (Å²) in [4.78, 5) is 22.0. The third-order valence-electron chi connectivity index (χ3n) is 5.97. The van der Waals surface area contributed by atoms with E-state index in [1.807, 2.05) is 37.4 Å². The van der Waals surface area contributed by atoms with Gasteiger partial charge in [-0.15, -0.1) is 0 Å². The third kappa shape index (κ3) is 3.98. The lowest BCUT2D eigenvalue weighted by atomic mass is 10.2. The molecule has 2 fully saturated rings. The molecule has 1 aliphatic heterocycles. The fourth-order valence-corrected chi connectivity index (χ4v) is 4.05. The average molecular weight is 390 g/mol. The van der Waals surface area contributed by atoms with Crippen LogP contribution in [0, 0.1) is 12.8 Å². The molecule has 6 nitrogen and oxygen atoms in total. The van der Waals surface area contributed by atoms with Crippen molar-refractivity contribution in [2.75, 3.05) is 42.9 Å². The molecule has 0 bridgehead atoms. The van der Waals surface area contributed by atoms with Gasteiger partial charge in [0.1, 0.15) is 5.82 Å². The molecule has 2 aliphatic rings. The average Bonchev–Trinajstić information content (AvgIpc) is 3.45. The van der Waals surface area contributed by atoms with E-state index in [0.717, 1.165) is 49.1 Å². The highest BCUT2D eigenvalue weighted by Crippen LogP contribution is 2.30. The Morgan fingerprint density at radius 1 is 1.07 bits per heavy atom. The number of nitrogens with one attached hydrogen (secondary N) is 1. The minimum atomic E-state index is -0.119. The first-order valence-electron chi connectivity index (χ1n) is 10.5. The van der Waals surface area contributed by atoms with Gasteiger partial charge in [-0.1, -0.05) is 0 Å². The number of aromatic nitrogens is 2. The van der Waals surface area contributed by atoms with E-state index in [1.54, 1.807) is 6.20 Å². The molecule has 1 N–H and O–H groups in total. The van der Waals surface area contributed by atoms with Crippen molar-refractivity contribution in [3.63, 3.8) is 0 Å². The standard InChI is InChI=1S/C23H27N5O/c1-17-2-6-20(14-24-17)25-23(29)19-5-7-21-8-9-22(28(21)16-19)27-12-10-26(11-13-27)15-18-3-4-18/h2,5-9,14,16,18H,3-4,10-13,15H2,1H3,(H,25,29). The van der Waals surface area contributed by atoms with E-state index in [0.29, 0.717) is 11.3 Å². The maximum Gasteiger partial charge on any atom is 0.257 e. The molecule has 4 heterocycles. The molecule has 1 amide bonds. The molecule has 0 radical (unpaired) electrons. The molecule has 0 unspecified atom stereocenters. The largest absolute Gasteiger partial charge is 0.355 e. The van der Waals surface area contributed by atoms with Crippen molar-refractivity contribution in [2.45, 2.75) is 19.8 Å². The van der Waals surface area contributed by atoms with Gasteiger partial charge in [-0.2, -0.15) is 0 Å². The first kappa shape index (κ1) is 18.2. The predicted molar refractivity (Wildman–Crippen MR) is 116 cm³/mol. The molecule has 0 atom stereocenters. The number of carbonyl (C=O) groups is 1. The molecule has 0 aromatic carbocycles. The molecule has 0 spiro atoms. The van der Waals surface area contributed by atoms with Gasteiger partial charge in [-0.25, -0.2) is 0 Å². The van der Waals surface area contributed by atoms with Crippen LogP contribution in [0.5, 0.6) is 0 Å². The highest BCUT2D eigenvalue weighted by Gasteiger charge is 2.27. The van der Waals surface area contributed by atoms with Gasteiger partial charge in [0.2, 0.25) is 0 Å². The fourth-order valence-electron chi connectivity index (χ4n) is 4.05. The summed E-state index contributed by atoms with van der Waals surface area (Å²) in [5.41, 5.74) is 3.38. The van der Waals surface area contributed by atoms with Gasteiger partial charge in [0, 0.05) is 50.1 Å². The van der Waals surface area contributed by atoms with Gasteiger partial charge >= 0.3 is 0 Å². The van der Waals surface area contributed by atoms with Crippen LogP contribution in [0.2, 0.25) is 0 Å². The van der Waals surface area contributed by atoms with Gasteiger partial charge in [-0.05, 0) is 62.1 Å². The lowest BCUT2D eigenvalue weighted by molar-refractivity contribution is 0.102. The number of pyridine rings is 2. The summed E-state index contributed by atoms with van der Waals surface area (Å²) in [6, 6.07) is 11.9. The van der Waals surface area contributed by atoms with Crippen molar-refractivity contribution >= 4 is 22.9 Å². The highest BCUT2D eigenvalue weighted by molar-refractivity contribution is 6.04. The van der Waals surface area contributed by atoms with Crippen molar-refractivity contribution < 1.29 is 4.79 Å². The highest BCUT2D eigenvalue weighted by atomic mass is 16.1. The molecule has 3 aromatic heterocycles. The van der Waals surface area contributed by atoms with Crippen molar-refractivity contribution in [3.05, 3.63) is 60.0 Å². The molecule has 3 aromatic rings. The number of carbonyl (C=O) groups excluding carboxylic acids is 1. The fraction of sp³-hybridized carbons (Fsp3) is 0.391. The number of hydrogen-bond donors (Lipinski definition) is 1. The molecule has 1 saturated carbocycles. The van der Waals surface area contributed by atoms with E-state index in [-0.39, 0.29) is 5.91 Å². The summed E-state index contributed by atoms with van der Waals surface area (Å²) in [5, 5.41) is 2.94. The summed E-state index contributed by atoms with van der Waals surface area (Å²) in [5.74, 6) is 1.99. The van der Waals surface area contributed by atoms with Gasteiger partial charge in [-0.3, -0.25) is 14.7 Å². The second kappa shape index (κ2) is 7.52. The van der Waals surface area contributed by atoms with Crippen LogP contribution in [0.25, 0.3) is 5.52 Å². The summed E-state index contributed by atoms with van der Waals surface area (Å²) >= 11 is 0. The van der Waals surface area contributed by atoms with E-state index < -0.39 is 0 Å². The van der Waals surface area contributed by atoms with Gasteiger partial charge in [0.05, 0.1) is 17.4 Å². The number of piperazine rings is 1. The zero-order valence-corrected chi connectivity index (χ0v) is 16.8. The van der Waals surface area contributed by atoms with Crippen molar-refractivity contribution in [1.29, 1.82) is 0 Å².